The van der Waals surface area contributed by atoms with Crippen LogP contribution in [0.15, 0.2) is 18.2 Å². The van der Waals surface area contributed by atoms with Crippen LogP contribution in [0, 0.1) is 22.6 Å². The maximum atomic E-state index is 13.2. The zero-order valence-electron chi connectivity index (χ0n) is 10.5. The van der Waals surface area contributed by atoms with E-state index in [1.807, 2.05) is 0 Å². The van der Waals surface area contributed by atoms with Crippen molar-refractivity contribution in [3.8, 4) is 6.07 Å². The second-order valence-electron chi connectivity index (χ2n) is 4.71. The molecule has 0 fully saturated rings. The fourth-order valence-electron chi connectivity index (χ4n) is 1.26. The number of carboxylic acids is 1. The van der Waals surface area contributed by atoms with Gasteiger partial charge in [0, 0.05) is 12.1 Å². The van der Waals surface area contributed by atoms with Crippen molar-refractivity contribution in [2.75, 3.05) is 6.54 Å². The molecular formula is C13H13FN2O3. The maximum Gasteiger partial charge on any atom is 0.310 e. The van der Waals surface area contributed by atoms with Gasteiger partial charge in [0.05, 0.1) is 17.0 Å². The van der Waals surface area contributed by atoms with Crippen LogP contribution in [0.3, 0.4) is 0 Å². The average molecular weight is 264 g/mol. The molecule has 1 aromatic rings. The van der Waals surface area contributed by atoms with Gasteiger partial charge in [-0.3, -0.25) is 9.59 Å². The number of nitrogens with zero attached hydrogens (tertiary/aromatic N) is 1. The minimum atomic E-state index is -1.12. The Morgan fingerprint density at radius 3 is 2.58 bits per heavy atom. The quantitative estimate of drug-likeness (QED) is 0.863. The first kappa shape index (κ1) is 14.6. The molecule has 0 saturated carbocycles. The first-order valence-electron chi connectivity index (χ1n) is 5.48. The zero-order chi connectivity index (χ0) is 14.6. The number of hydrogen-bond donors (Lipinski definition) is 2. The number of rotatable bonds is 4. The summed E-state index contributed by atoms with van der Waals surface area (Å²) in [7, 11) is 0. The molecule has 0 aliphatic heterocycles. The van der Waals surface area contributed by atoms with Gasteiger partial charge in [0.25, 0.3) is 5.91 Å². The third kappa shape index (κ3) is 3.78. The fourth-order valence-corrected chi connectivity index (χ4v) is 1.26. The Balaban J connectivity index is 2.83. The summed E-state index contributed by atoms with van der Waals surface area (Å²) in [5, 5.41) is 20.0. The van der Waals surface area contributed by atoms with E-state index in [9.17, 15) is 14.0 Å². The molecule has 1 amide bonds. The van der Waals surface area contributed by atoms with Gasteiger partial charge in [-0.05, 0) is 32.0 Å². The SMILES string of the molecule is CC(C)(CNC(=O)c1cc(F)cc(C#N)c1)C(=O)O. The molecule has 19 heavy (non-hydrogen) atoms. The summed E-state index contributed by atoms with van der Waals surface area (Å²) in [5.74, 6) is -2.36. The number of amides is 1. The summed E-state index contributed by atoms with van der Waals surface area (Å²) in [6, 6.07) is 4.98. The van der Waals surface area contributed by atoms with E-state index in [0.29, 0.717) is 0 Å². The van der Waals surface area contributed by atoms with Crippen molar-refractivity contribution in [3.63, 3.8) is 0 Å². The Kier molecular flexibility index (Phi) is 4.22. The van der Waals surface area contributed by atoms with Crippen molar-refractivity contribution in [2.45, 2.75) is 13.8 Å². The van der Waals surface area contributed by atoms with Crippen LogP contribution in [0.25, 0.3) is 0 Å². The van der Waals surface area contributed by atoms with Gasteiger partial charge >= 0.3 is 5.97 Å². The Morgan fingerprint density at radius 1 is 1.42 bits per heavy atom. The summed E-state index contributed by atoms with van der Waals surface area (Å²) in [6.45, 7) is 2.82. The van der Waals surface area contributed by atoms with E-state index < -0.39 is 23.1 Å². The van der Waals surface area contributed by atoms with Gasteiger partial charge < -0.3 is 10.4 Å². The van der Waals surface area contributed by atoms with Crippen LogP contribution < -0.4 is 5.32 Å². The predicted molar refractivity (Wildman–Crippen MR) is 64.9 cm³/mol. The van der Waals surface area contributed by atoms with E-state index in [4.69, 9.17) is 10.4 Å². The van der Waals surface area contributed by atoms with Crippen molar-refractivity contribution in [1.29, 1.82) is 5.26 Å². The van der Waals surface area contributed by atoms with E-state index in [1.165, 1.54) is 19.9 Å². The molecule has 1 rings (SSSR count). The molecule has 5 nitrogen and oxygen atoms in total. The molecule has 0 bridgehead atoms. The molecule has 0 aliphatic rings. The minimum absolute atomic E-state index is 0.0160. The predicted octanol–water partition coefficient (Wildman–Crippen LogP) is 1.54. The van der Waals surface area contributed by atoms with Crippen molar-refractivity contribution in [1.82, 2.24) is 5.32 Å². The molecule has 0 aromatic heterocycles. The normalized spacial score (nSPS) is 10.6. The Hall–Kier alpha value is -2.42. The van der Waals surface area contributed by atoms with Gasteiger partial charge in [-0.25, -0.2) is 4.39 Å². The van der Waals surface area contributed by atoms with Crippen LogP contribution in [0.2, 0.25) is 0 Å². The number of aliphatic carboxylic acids is 1. The van der Waals surface area contributed by atoms with E-state index >= 15 is 0 Å². The highest BCUT2D eigenvalue weighted by atomic mass is 19.1. The average Bonchev–Trinajstić information content (AvgIpc) is 2.34. The van der Waals surface area contributed by atoms with Gasteiger partial charge in [0.15, 0.2) is 0 Å². The Morgan fingerprint density at radius 2 is 2.05 bits per heavy atom. The maximum absolute atomic E-state index is 13.2. The molecule has 0 heterocycles. The number of halogens is 1. The molecule has 2 N–H and O–H groups in total. The number of carbonyl (C=O) groups is 2. The van der Waals surface area contributed by atoms with Crippen LogP contribution >= 0.6 is 0 Å². The van der Waals surface area contributed by atoms with Crippen LogP contribution in [-0.2, 0) is 4.79 Å². The topological polar surface area (TPSA) is 90.2 Å². The minimum Gasteiger partial charge on any atom is -0.481 e. The molecular weight excluding hydrogens is 251 g/mol. The molecule has 1 aromatic carbocycles. The molecule has 100 valence electrons. The third-order valence-corrected chi connectivity index (χ3v) is 2.56. The smallest absolute Gasteiger partial charge is 0.310 e. The molecule has 0 aliphatic carbocycles. The number of carbonyl (C=O) groups excluding carboxylic acids is 1. The molecule has 0 unspecified atom stereocenters. The standard InChI is InChI=1S/C13H13FN2O3/c1-13(2,12(18)19)7-16-11(17)9-3-8(6-15)4-10(14)5-9/h3-5H,7H2,1-2H3,(H,16,17)(H,18,19). The number of hydrogen-bond acceptors (Lipinski definition) is 3. The highest BCUT2D eigenvalue weighted by Gasteiger charge is 2.27. The first-order valence-corrected chi connectivity index (χ1v) is 5.48. The van der Waals surface area contributed by atoms with Crippen LogP contribution in [0.1, 0.15) is 29.8 Å². The number of carboxylic acid groups (broad SMARTS) is 1. The highest BCUT2D eigenvalue weighted by molar-refractivity contribution is 5.94. The lowest BCUT2D eigenvalue weighted by atomic mass is 9.94. The van der Waals surface area contributed by atoms with Gasteiger partial charge in [-0.15, -0.1) is 0 Å². The van der Waals surface area contributed by atoms with Crippen molar-refractivity contribution < 1.29 is 19.1 Å². The molecule has 6 heteroatoms. The molecule has 0 atom stereocenters. The van der Waals surface area contributed by atoms with Gasteiger partial charge in [-0.1, -0.05) is 0 Å². The van der Waals surface area contributed by atoms with Gasteiger partial charge in [0.1, 0.15) is 5.82 Å². The first-order chi connectivity index (χ1) is 8.76. The van der Waals surface area contributed by atoms with E-state index in [2.05, 4.69) is 5.32 Å². The van der Waals surface area contributed by atoms with E-state index in [1.54, 1.807) is 6.07 Å². The third-order valence-electron chi connectivity index (χ3n) is 2.56. The second-order valence-corrected chi connectivity index (χ2v) is 4.71. The lowest BCUT2D eigenvalue weighted by molar-refractivity contribution is -0.146. The van der Waals surface area contributed by atoms with E-state index in [-0.39, 0.29) is 17.7 Å². The summed E-state index contributed by atoms with van der Waals surface area (Å²) >= 11 is 0. The fraction of sp³-hybridized carbons (Fsp3) is 0.308. The largest absolute Gasteiger partial charge is 0.481 e. The molecule has 0 spiro atoms. The van der Waals surface area contributed by atoms with Crippen LogP contribution in [0.5, 0.6) is 0 Å². The molecule has 0 radical (unpaired) electrons. The Labute approximate surface area is 109 Å². The van der Waals surface area contributed by atoms with Crippen molar-refractivity contribution in [3.05, 3.63) is 35.1 Å². The van der Waals surface area contributed by atoms with E-state index in [0.717, 1.165) is 12.1 Å². The van der Waals surface area contributed by atoms with Crippen LogP contribution in [0.4, 0.5) is 4.39 Å². The summed E-state index contributed by atoms with van der Waals surface area (Å²) < 4.78 is 13.2. The molecule has 0 saturated heterocycles. The number of benzene rings is 1. The summed E-state index contributed by atoms with van der Waals surface area (Å²) in [4.78, 5) is 22.6. The van der Waals surface area contributed by atoms with Gasteiger partial charge in [0.2, 0.25) is 0 Å². The van der Waals surface area contributed by atoms with Gasteiger partial charge in [-0.2, -0.15) is 5.26 Å². The lowest BCUT2D eigenvalue weighted by Crippen LogP contribution is -2.38. The zero-order valence-corrected chi connectivity index (χ0v) is 10.5. The highest BCUT2D eigenvalue weighted by Crippen LogP contribution is 2.14. The van der Waals surface area contributed by atoms with Crippen LogP contribution in [-0.4, -0.2) is 23.5 Å². The lowest BCUT2D eigenvalue weighted by Gasteiger charge is -2.19. The van der Waals surface area contributed by atoms with Crippen molar-refractivity contribution in [2.24, 2.45) is 5.41 Å². The summed E-state index contributed by atoms with van der Waals surface area (Å²) in [5.41, 5.74) is -1.11. The number of nitrogens with one attached hydrogen (secondary N) is 1. The monoisotopic (exact) mass is 264 g/mol. The van der Waals surface area contributed by atoms with Crippen molar-refractivity contribution >= 4 is 11.9 Å². The summed E-state index contributed by atoms with van der Waals surface area (Å²) in [6.07, 6.45) is 0. The number of nitriles is 1. The Bertz CT molecular complexity index is 561. The second kappa shape index (κ2) is 5.48.